The fourth-order valence-electron chi connectivity index (χ4n) is 3.32. The van der Waals surface area contributed by atoms with Gasteiger partial charge in [-0.05, 0) is 26.2 Å². The zero-order valence-electron chi connectivity index (χ0n) is 13.8. The monoisotopic (exact) mass is 319 g/mol. The van der Waals surface area contributed by atoms with E-state index in [1.165, 1.54) is 32.1 Å². The molecule has 1 aliphatic carbocycles. The van der Waals surface area contributed by atoms with Crippen LogP contribution in [0.25, 0.3) is 0 Å². The van der Waals surface area contributed by atoms with E-state index in [1.54, 1.807) is 0 Å². The van der Waals surface area contributed by atoms with E-state index in [4.69, 9.17) is 9.88 Å². The van der Waals surface area contributed by atoms with Crippen LogP contribution in [0.15, 0.2) is 0 Å². The summed E-state index contributed by atoms with van der Waals surface area (Å²) in [6, 6.07) is 0. The summed E-state index contributed by atoms with van der Waals surface area (Å²) in [4.78, 5) is 0. The minimum atomic E-state index is -3.43. The molecule has 0 aromatic heterocycles. The van der Waals surface area contributed by atoms with Gasteiger partial charge in [0.15, 0.2) is 0 Å². The second-order valence-electron chi connectivity index (χ2n) is 6.84. The van der Waals surface area contributed by atoms with Gasteiger partial charge in [-0.2, -0.15) is 0 Å². The van der Waals surface area contributed by atoms with Crippen molar-refractivity contribution in [2.75, 3.05) is 12.4 Å². The van der Waals surface area contributed by atoms with Gasteiger partial charge < -0.3 is 4.74 Å². The Morgan fingerprint density at radius 1 is 1.14 bits per heavy atom. The smallest absolute Gasteiger partial charge is 0.209 e. The Labute approximate surface area is 130 Å². The highest BCUT2D eigenvalue weighted by atomic mass is 32.2. The minimum absolute atomic E-state index is 0.0720. The lowest BCUT2D eigenvalue weighted by Crippen LogP contribution is -2.40. The van der Waals surface area contributed by atoms with Crippen LogP contribution in [0.3, 0.4) is 0 Å². The SMILES string of the molecule is CCCCCCC(C)OCC1(CS(N)(=O)=O)CCCCC1. The molecule has 0 spiro atoms. The second kappa shape index (κ2) is 9.11. The fourth-order valence-corrected chi connectivity index (χ4v) is 4.55. The highest BCUT2D eigenvalue weighted by molar-refractivity contribution is 7.89. The molecule has 1 saturated carbocycles. The molecule has 0 aromatic carbocycles. The maximum Gasteiger partial charge on any atom is 0.209 e. The Bertz CT molecular complexity index is 375. The van der Waals surface area contributed by atoms with Crippen molar-refractivity contribution in [1.29, 1.82) is 0 Å². The normalized spacial score (nSPS) is 20.3. The summed E-state index contributed by atoms with van der Waals surface area (Å²) in [6.45, 7) is 4.85. The van der Waals surface area contributed by atoms with Crippen LogP contribution < -0.4 is 5.14 Å². The average molecular weight is 320 g/mol. The number of unbranched alkanes of at least 4 members (excludes halogenated alkanes) is 3. The Morgan fingerprint density at radius 3 is 2.38 bits per heavy atom. The van der Waals surface area contributed by atoms with Gasteiger partial charge in [-0.1, -0.05) is 51.9 Å². The van der Waals surface area contributed by atoms with Gasteiger partial charge in [0.05, 0.1) is 18.5 Å². The molecule has 0 amide bonds. The molecule has 5 heteroatoms. The number of nitrogens with two attached hydrogens (primary N) is 1. The summed E-state index contributed by atoms with van der Waals surface area (Å²) in [7, 11) is -3.43. The van der Waals surface area contributed by atoms with E-state index in [0.717, 1.165) is 32.1 Å². The summed E-state index contributed by atoms with van der Waals surface area (Å²) in [5.74, 6) is 0.0720. The lowest BCUT2D eigenvalue weighted by atomic mass is 9.76. The Hall–Kier alpha value is -0.130. The van der Waals surface area contributed by atoms with Gasteiger partial charge in [0.25, 0.3) is 0 Å². The third-order valence-electron chi connectivity index (χ3n) is 4.56. The number of hydrogen-bond acceptors (Lipinski definition) is 3. The Balaban J connectivity index is 2.42. The lowest BCUT2D eigenvalue weighted by molar-refractivity contribution is -0.0121. The molecule has 126 valence electrons. The third-order valence-corrected chi connectivity index (χ3v) is 5.57. The topological polar surface area (TPSA) is 69.4 Å². The van der Waals surface area contributed by atoms with Crippen LogP contribution in [0.1, 0.15) is 78.1 Å². The van der Waals surface area contributed by atoms with Crippen LogP contribution in [0.5, 0.6) is 0 Å². The molecule has 0 radical (unpaired) electrons. The van der Waals surface area contributed by atoms with Crippen LogP contribution in [0, 0.1) is 5.41 Å². The summed E-state index contributed by atoms with van der Waals surface area (Å²) >= 11 is 0. The molecule has 0 aromatic rings. The van der Waals surface area contributed by atoms with E-state index in [-0.39, 0.29) is 17.3 Å². The first-order valence-electron chi connectivity index (χ1n) is 8.49. The molecule has 4 nitrogen and oxygen atoms in total. The molecule has 1 aliphatic rings. The van der Waals surface area contributed by atoms with Gasteiger partial charge in [0.2, 0.25) is 10.0 Å². The van der Waals surface area contributed by atoms with Crippen molar-refractivity contribution in [3.63, 3.8) is 0 Å². The van der Waals surface area contributed by atoms with Gasteiger partial charge in [0, 0.05) is 5.41 Å². The highest BCUT2D eigenvalue weighted by Gasteiger charge is 2.36. The fraction of sp³-hybridized carbons (Fsp3) is 1.00. The van der Waals surface area contributed by atoms with E-state index in [2.05, 4.69) is 13.8 Å². The van der Waals surface area contributed by atoms with Crippen molar-refractivity contribution >= 4 is 10.0 Å². The highest BCUT2D eigenvalue weighted by Crippen LogP contribution is 2.37. The Kier molecular flexibility index (Phi) is 8.21. The summed E-state index contributed by atoms with van der Waals surface area (Å²) < 4.78 is 29.0. The molecule has 1 rings (SSSR count). The van der Waals surface area contributed by atoms with Gasteiger partial charge in [-0.15, -0.1) is 0 Å². The molecule has 1 unspecified atom stereocenters. The van der Waals surface area contributed by atoms with Gasteiger partial charge in [-0.25, -0.2) is 13.6 Å². The average Bonchev–Trinajstić information content (AvgIpc) is 2.41. The second-order valence-corrected chi connectivity index (χ2v) is 8.45. The minimum Gasteiger partial charge on any atom is -0.378 e. The van der Waals surface area contributed by atoms with Crippen LogP contribution in [-0.2, 0) is 14.8 Å². The van der Waals surface area contributed by atoms with E-state index in [0.29, 0.717) is 6.61 Å². The Morgan fingerprint density at radius 2 is 1.81 bits per heavy atom. The maximum atomic E-state index is 11.5. The summed E-state index contributed by atoms with van der Waals surface area (Å²) in [6.07, 6.45) is 11.5. The molecule has 21 heavy (non-hydrogen) atoms. The zero-order valence-corrected chi connectivity index (χ0v) is 14.6. The van der Waals surface area contributed by atoms with Crippen molar-refractivity contribution in [3.8, 4) is 0 Å². The van der Waals surface area contributed by atoms with E-state index < -0.39 is 10.0 Å². The molecule has 2 N–H and O–H groups in total. The summed E-state index contributed by atoms with van der Waals surface area (Å²) in [5.41, 5.74) is -0.247. The van der Waals surface area contributed by atoms with Crippen molar-refractivity contribution in [1.82, 2.24) is 0 Å². The predicted molar refractivity (Wildman–Crippen MR) is 87.7 cm³/mol. The quantitative estimate of drug-likeness (QED) is 0.625. The van der Waals surface area contributed by atoms with Gasteiger partial charge in [-0.3, -0.25) is 0 Å². The van der Waals surface area contributed by atoms with Crippen LogP contribution in [0.4, 0.5) is 0 Å². The first-order chi connectivity index (χ1) is 9.87. The molecule has 0 saturated heterocycles. The largest absolute Gasteiger partial charge is 0.378 e. The lowest BCUT2D eigenvalue weighted by Gasteiger charge is -2.37. The number of sulfonamides is 1. The molecule has 0 heterocycles. The van der Waals surface area contributed by atoms with E-state index in [1.807, 2.05) is 0 Å². The van der Waals surface area contributed by atoms with Crippen molar-refractivity contribution < 1.29 is 13.2 Å². The number of ether oxygens (including phenoxy) is 1. The van der Waals surface area contributed by atoms with Crippen LogP contribution >= 0.6 is 0 Å². The maximum absolute atomic E-state index is 11.5. The van der Waals surface area contributed by atoms with Crippen molar-refractivity contribution in [2.45, 2.75) is 84.2 Å². The molecule has 1 fully saturated rings. The molecular weight excluding hydrogens is 286 g/mol. The van der Waals surface area contributed by atoms with Crippen LogP contribution in [0.2, 0.25) is 0 Å². The molecule has 0 bridgehead atoms. The third kappa shape index (κ3) is 8.17. The van der Waals surface area contributed by atoms with Crippen LogP contribution in [-0.4, -0.2) is 26.9 Å². The van der Waals surface area contributed by atoms with E-state index >= 15 is 0 Å². The summed E-state index contributed by atoms with van der Waals surface area (Å²) in [5, 5.41) is 5.29. The number of hydrogen-bond donors (Lipinski definition) is 1. The number of rotatable bonds is 10. The molecular formula is C16H33NO3S. The molecule has 0 aliphatic heterocycles. The number of primary sulfonamides is 1. The first-order valence-corrected chi connectivity index (χ1v) is 10.2. The standard InChI is InChI=1S/C16H33NO3S/c1-3-4-5-7-10-15(2)20-13-16(14-21(17,18)19)11-8-6-9-12-16/h15H,3-14H2,1-2H3,(H2,17,18,19). The zero-order chi connectivity index (χ0) is 15.8. The van der Waals surface area contributed by atoms with E-state index in [9.17, 15) is 8.42 Å². The molecule has 1 atom stereocenters. The van der Waals surface area contributed by atoms with Gasteiger partial charge in [0.1, 0.15) is 0 Å². The van der Waals surface area contributed by atoms with Crippen molar-refractivity contribution in [3.05, 3.63) is 0 Å². The van der Waals surface area contributed by atoms with Gasteiger partial charge >= 0.3 is 0 Å². The van der Waals surface area contributed by atoms with Crippen molar-refractivity contribution in [2.24, 2.45) is 10.6 Å². The predicted octanol–water partition coefficient (Wildman–Crippen LogP) is 3.60. The first kappa shape index (κ1) is 18.9.